The van der Waals surface area contributed by atoms with Crippen LogP contribution in [0.4, 0.5) is 5.69 Å². The predicted molar refractivity (Wildman–Crippen MR) is 123 cm³/mol. The highest BCUT2D eigenvalue weighted by Crippen LogP contribution is 2.30. The van der Waals surface area contributed by atoms with Crippen LogP contribution in [-0.4, -0.2) is 21.4 Å². The second-order valence-electron chi connectivity index (χ2n) is 8.69. The zero-order chi connectivity index (χ0) is 21.9. The van der Waals surface area contributed by atoms with Gasteiger partial charge < -0.3 is 9.73 Å². The number of benzene rings is 2. The number of carbonyl (C=O) groups excluding carboxylic acids is 1. The van der Waals surface area contributed by atoms with Gasteiger partial charge in [-0.2, -0.15) is 0 Å². The first kappa shape index (κ1) is 22.1. The third-order valence-electron chi connectivity index (χ3n) is 4.89. The van der Waals surface area contributed by atoms with Crippen molar-refractivity contribution < 1.29 is 9.21 Å². The van der Waals surface area contributed by atoms with Gasteiger partial charge in [-0.3, -0.25) is 4.79 Å². The molecule has 1 amide bonds. The molecule has 3 rings (SSSR count). The minimum atomic E-state index is -0.373. The Labute approximate surface area is 182 Å². The van der Waals surface area contributed by atoms with Crippen LogP contribution in [0.25, 0.3) is 11.5 Å². The van der Waals surface area contributed by atoms with Gasteiger partial charge in [0.1, 0.15) is 0 Å². The van der Waals surface area contributed by atoms with Crippen molar-refractivity contribution in [2.75, 3.05) is 5.32 Å². The van der Waals surface area contributed by atoms with Crippen molar-refractivity contribution in [3.05, 3.63) is 59.7 Å². The number of nitrogens with one attached hydrogen (secondary N) is 1. The number of anilines is 1. The summed E-state index contributed by atoms with van der Waals surface area (Å²) in [6.07, 6.45) is 0. The molecular formula is C24H29N3O2S. The molecule has 30 heavy (non-hydrogen) atoms. The average Bonchev–Trinajstić information content (AvgIpc) is 3.16. The zero-order valence-corrected chi connectivity index (χ0v) is 19.2. The number of thioether (sulfide) groups is 1. The fourth-order valence-electron chi connectivity index (χ4n) is 3.04. The molecule has 0 fully saturated rings. The normalized spacial score (nSPS) is 12.8. The molecule has 3 aromatic rings. The predicted octanol–water partition coefficient (Wildman–Crippen LogP) is 6.28. The zero-order valence-electron chi connectivity index (χ0n) is 18.4. The van der Waals surface area contributed by atoms with Crippen LogP contribution in [0.15, 0.2) is 58.2 Å². The van der Waals surface area contributed by atoms with Gasteiger partial charge in [-0.1, -0.05) is 76.7 Å². The summed E-state index contributed by atoms with van der Waals surface area (Å²) in [6, 6.07) is 16.0. The molecule has 0 spiro atoms. The maximum atomic E-state index is 12.7. The number of carbonyl (C=O) groups is 1. The van der Waals surface area contributed by atoms with Crippen LogP contribution in [0.3, 0.4) is 0 Å². The van der Waals surface area contributed by atoms with Crippen molar-refractivity contribution in [2.45, 2.75) is 63.3 Å². The van der Waals surface area contributed by atoms with Gasteiger partial charge in [-0.25, -0.2) is 0 Å². The van der Waals surface area contributed by atoms with Crippen LogP contribution in [0, 0.1) is 0 Å². The maximum Gasteiger partial charge on any atom is 0.277 e. The molecule has 1 N–H and O–H groups in total. The average molecular weight is 424 g/mol. The maximum absolute atomic E-state index is 12.7. The summed E-state index contributed by atoms with van der Waals surface area (Å²) in [5.41, 5.74) is 4.15. The van der Waals surface area contributed by atoms with Gasteiger partial charge in [-0.05, 0) is 47.6 Å². The molecule has 0 saturated carbocycles. The van der Waals surface area contributed by atoms with Gasteiger partial charge in [0.05, 0.1) is 5.25 Å². The van der Waals surface area contributed by atoms with E-state index in [9.17, 15) is 4.79 Å². The summed E-state index contributed by atoms with van der Waals surface area (Å²) in [7, 11) is 0. The summed E-state index contributed by atoms with van der Waals surface area (Å²) in [6.45, 7) is 12.6. The number of nitrogens with zero attached hydrogens (tertiary/aromatic N) is 2. The van der Waals surface area contributed by atoms with E-state index in [1.807, 2.05) is 43.3 Å². The Balaban J connectivity index is 1.66. The van der Waals surface area contributed by atoms with E-state index in [-0.39, 0.29) is 16.6 Å². The Kier molecular flexibility index (Phi) is 6.66. The van der Waals surface area contributed by atoms with Crippen molar-refractivity contribution in [3.63, 3.8) is 0 Å². The highest BCUT2D eigenvalue weighted by Gasteiger charge is 2.20. The van der Waals surface area contributed by atoms with E-state index < -0.39 is 0 Å². The molecule has 1 aromatic heterocycles. The Hall–Kier alpha value is -2.60. The van der Waals surface area contributed by atoms with Crippen molar-refractivity contribution in [1.29, 1.82) is 0 Å². The number of hydrogen-bond acceptors (Lipinski definition) is 5. The first-order valence-electron chi connectivity index (χ1n) is 10.2. The van der Waals surface area contributed by atoms with E-state index in [2.05, 4.69) is 62.3 Å². The Morgan fingerprint density at radius 1 is 1.00 bits per heavy atom. The van der Waals surface area contributed by atoms with Crippen LogP contribution in [0.5, 0.6) is 0 Å². The van der Waals surface area contributed by atoms with E-state index in [0.29, 0.717) is 17.0 Å². The molecule has 0 aliphatic heterocycles. The molecule has 6 heteroatoms. The van der Waals surface area contributed by atoms with Gasteiger partial charge >= 0.3 is 0 Å². The molecule has 158 valence electrons. The summed E-state index contributed by atoms with van der Waals surface area (Å²) < 4.78 is 5.79. The summed E-state index contributed by atoms with van der Waals surface area (Å²) in [5.74, 6) is 0.686. The topological polar surface area (TPSA) is 68.0 Å². The molecule has 1 unspecified atom stereocenters. The molecule has 0 aliphatic carbocycles. The molecule has 0 bridgehead atoms. The minimum absolute atomic E-state index is 0.0887. The van der Waals surface area contributed by atoms with Crippen LogP contribution in [0.1, 0.15) is 58.6 Å². The lowest BCUT2D eigenvalue weighted by Crippen LogP contribution is -2.23. The molecule has 0 saturated heterocycles. The van der Waals surface area contributed by atoms with Gasteiger partial charge in [0.15, 0.2) is 0 Å². The first-order valence-corrected chi connectivity index (χ1v) is 11.0. The number of rotatable bonds is 6. The second kappa shape index (κ2) is 9.04. The molecular weight excluding hydrogens is 394 g/mol. The van der Waals surface area contributed by atoms with Gasteiger partial charge in [0.2, 0.25) is 11.8 Å². The van der Waals surface area contributed by atoms with Crippen LogP contribution in [0.2, 0.25) is 0 Å². The Bertz CT molecular complexity index is 1000. The third-order valence-corrected chi connectivity index (χ3v) is 5.83. The van der Waals surface area contributed by atoms with Crippen molar-refractivity contribution in [2.24, 2.45) is 0 Å². The standard InChI is InChI=1S/C24H29N3O2S/c1-15(2)19-9-7-8-10-20(19)25-21(28)16(3)30-23-27-26-22(29-23)17-11-13-18(14-12-17)24(4,5)6/h7-16H,1-6H3,(H,25,28). The van der Waals surface area contributed by atoms with Crippen LogP contribution < -0.4 is 5.32 Å². The molecule has 2 aromatic carbocycles. The SMILES string of the molecule is CC(Sc1nnc(-c2ccc(C(C)(C)C)cc2)o1)C(=O)Nc1ccccc1C(C)C. The van der Waals surface area contributed by atoms with Crippen molar-refractivity contribution >= 4 is 23.4 Å². The lowest BCUT2D eigenvalue weighted by Gasteiger charge is -2.18. The molecule has 0 aliphatic rings. The fourth-order valence-corrected chi connectivity index (χ4v) is 3.72. The molecule has 1 heterocycles. The van der Waals surface area contributed by atoms with Gasteiger partial charge in [0, 0.05) is 11.3 Å². The minimum Gasteiger partial charge on any atom is -0.411 e. The van der Waals surface area contributed by atoms with Crippen molar-refractivity contribution in [3.8, 4) is 11.5 Å². The van der Waals surface area contributed by atoms with E-state index >= 15 is 0 Å². The first-order chi connectivity index (χ1) is 14.1. The lowest BCUT2D eigenvalue weighted by atomic mass is 9.87. The smallest absolute Gasteiger partial charge is 0.277 e. The van der Waals surface area contributed by atoms with Crippen LogP contribution in [-0.2, 0) is 10.2 Å². The lowest BCUT2D eigenvalue weighted by molar-refractivity contribution is -0.115. The Morgan fingerprint density at radius 3 is 2.30 bits per heavy atom. The number of para-hydroxylation sites is 1. The summed E-state index contributed by atoms with van der Waals surface area (Å²) in [4.78, 5) is 12.7. The molecule has 1 atom stereocenters. The van der Waals surface area contributed by atoms with E-state index in [0.717, 1.165) is 16.8 Å². The van der Waals surface area contributed by atoms with E-state index in [1.165, 1.54) is 17.3 Å². The summed E-state index contributed by atoms with van der Waals surface area (Å²) >= 11 is 1.26. The van der Waals surface area contributed by atoms with Crippen molar-refractivity contribution in [1.82, 2.24) is 10.2 Å². The highest BCUT2D eigenvalue weighted by atomic mass is 32.2. The molecule has 0 radical (unpaired) electrons. The monoisotopic (exact) mass is 423 g/mol. The quantitative estimate of drug-likeness (QED) is 0.473. The van der Waals surface area contributed by atoms with Gasteiger partial charge in [0.25, 0.3) is 5.22 Å². The Morgan fingerprint density at radius 2 is 1.67 bits per heavy atom. The number of amides is 1. The highest BCUT2D eigenvalue weighted by molar-refractivity contribution is 8.00. The largest absolute Gasteiger partial charge is 0.411 e. The third kappa shape index (κ3) is 5.30. The van der Waals surface area contributed by atoms with Crippen LogP contribution >= 0.6 is 11.8 Å². The van der Waals surface area contributed by atoms with Gasteiger partial charge in [-0.15, -0.1) is 10.2 Å². The van der Waals surface area contributed by atoms with E-state index in [4.69, 9.17) is 4.42 Å². The van der Waals surface area contributed by atoms with E-state index in [1.54, 1.807) is 0 Å². The second-order valence-corrected chi connectivity index (χ2v) is 9.98. The summed E-state index contributed by atoms with van der Waals surface area (Å²) in [5, 5.41) is 11.3. The number of hydrogen-bond donors (Lipinski definition) is 1. The molecule has 5 nitrogen and oxygen atoms in total. The number of aromatic nitrogens is 2. The fraction of sp³-hybridized carbons (Fsp3) is 0.375.